The molecule has 3 nitrogen and oxygen atoms in total. The van der Waals surface area contributed by atoms with E-state index in [4.69, 9.17) is 10.5 Å². The van der Waals surface area contributed by atoms with Gasteiger partial charge in [-0.15, -0.1) is 0 Å². The second-order valence-corrected chi connectivity index (χ2v) is 5.05. The lowest BCUT2D eigenvalue weighted by Gasteiger charge is -2.42. The molecule has 1 saturated carbocycles. The third-order valence-corrected chi connectivity index (χ3v) is 4.23. The van der Waals surface area contributed by atoms with Crippen molar-refractivity contribution in [2.75, 3.05) is 13.7 Å². The highest BCUT2D eigenvalue weighted by molar-refractivity contribution is 5.88. The summed E-state index contributed by atoms with van der Waals surface area (Å²) in [7, 11) is 1.69. The maximum Gasteiger partial charge on any atom is 0.145 e. The molecule has 0 atom stereocenters. The first-order valence-electron chi connectivity index (χ1n) is 6.43. The Bertz CT molecular complexity index is 570. The molecule has 0 amide bonds. The highest BCUT2D eigenvalue weighted by Gasteiger charge is 2.38. The molecule has 1 heterocycles. The predicted octanol–water partition coefficient (Wildman–Crippen LogP) is 2.62. The largest absolute Gasteiger partial charge is 0.494 e. The molecule has 18 heavy (non-hydrogen) atoms. The molecule has 0 unspecified atom stereocenters. The summed E-state index contributed by atoms with van der Waals surface area (Å²) in [4.78, 5) is 4.45. The van der Waals surface area contributed by atoms with Gasteiger partial charge in [0.05, 0.1) is 7.11 Å². The quantitative estimate of drug-likeness (QED) is 0.900. The lowest BCUT2D eigenvalue weighted by molar-refractivity contribution is 0.255. The van der Waals surface area contributed by atoms with Crippen LogP contribution in [-0.4, -0.2) is 18.6 Å². The Morgan fingerprint density at radius 1 is 1.33 bits per heavy atom. The summed E-state index contributed by atoms with van der Waals surface area (Å²) in [5.41, 5.74) is 8.45. The second kappa shape index (κ2) is 4.25. The summed E-state index contributed by atoms with van der Waals surface area (Å²) in [5, 5.41) is 1.18. The van der Waals surface area contributed by atoms with Crippen LogP contribution in [0.5, 0.6) is 5.75 Å². The van der Waals surface area contributed by atoms with E-state index in [1.807, 2.05) is 18.3 Å². The van der Waals surface area contributed by atoms with E-state index in [0.717, 1.165) is 11.3 Å². The number of benzene rings is 1. The zero-order valence-electron chi connectivity index (χ0n) is 10.6. The van der Waals surface area contributed by atoms with Gasteiger partial charge in [0.2, 0.25) is 0 Å². The van der Waals surface area contributed by atoms with Crippen molar-refractivity contribution in [3.63, 3.8) is 0 Å². The van der Waals surface area contributed by atoms with Crippen LogP contribution in [-0.2, 0) is 5.41 Å². The number of pyridine rings is 1. The zero-order chi connectivity index (χ0) is 12.6. The molecule has 3 heteroatoms. The van der Waals surface area contributed by atoms with Crippen LogP contribution in [0.25, 0.3) is 10.9 Å². The zero-order valence-corrected chi connectivity index (χ0v) is 10.6. The number of rotatable bonds is 3. The molecule has 0 spiro atoms. The molecule has 1 fully saturated rings. The smallest absolute Gasteiger partial charge is 0.145 e. The highest BCUT2D eigenvalue weighted by atomic mass is 16.5. The molecule has 2 aromatic rings. The maximum atomic E-state index is 6.01. The van der Waals surface area contributed by atoms with Gasteiger partial charge in [0.25, 0.3) is 0 Å². The van der Waals surface area contributed by atoms with Crippen LogP contribution in [0.2, 0.25) is 0 Å². The van der Waals surface area contributed by atoms with Crippen molar-refractivity contribution >= 4 is 10.9 Å². The topological polar surface area (TPSA) is 48.1 Å². The Morgan fingerprint density at radius 2 is 2.17 bits per heavy atom. The van der Waals surface area contributed by atoms with Gasteiger partial charge in [-0.2, -0.15) is 0 Å². The van der Waals surface area contributed by atoms with Crippen LogP contribution in [0.3, 0.4) is 0 Å². The van der Waals surface area contributed by atoms with Gasteiger partial charge in [-0.05, 0) is 30.5 Å². The van der Waals surface area contributed by atoms with Crippen molar-refractivity contribution in [1.29, 1.82) is 0 Å². The van der Waals surface area contributed by atoms with E-state index < -0.39 is 0 Å². The third-order valence-electron chi connectivity index (χ3n) is 4.23. The fourth-order valence-corrected chi connectivity index (χ4v) is 2.96. The van der Waals surface area contributed by atoms with Gasteiger partial charge >= 0.3 is 0 Å². The minimum Gasteiger partial charge on any atom is -0.494 e. The molecule has 1 aliphatic carbocycles. The van der Waals surface area contributed by atoms with Gasteiger partial charge in [0.1, 0.15) is 11.3 Å². The summed E-state index contributed by atoms with van der Waals surface area (Å²) in [6.45, 7) is 0.712. The molecule has 1 aliphatic rings. The molecular formula is C15H18N2O. The molecule has 0 radical (unpaired) electrons. The van der Waals surface area contributed by atoms with Gasteiger partial charge < -0.3 is 10.5 Å². The number of nitrogens with two attached hydrogens (primary N) is 1. The standard InChI is InChI=1S/C15H18N2O/c1-18-13-6-5-12(15(10-16)7-3-8-15)11-4-2-9-17-14(11)13/h2,4-6,9H,3,7-8,10,16H2,1H3. The Balaban J connectivity index is 2.25. The monoisotopic (exact) mass is 242 g/mol. The Kier molecular flexibility index (Phi) is 2.71. The lowest BCUT2D eigenvalue weighted by atomic mass is 9.63. The Morgan fingerprint density at radius 3 is 2.78 bits per heavy atom. The number of nitrogens with zero attached hydrogens (tertiary/aromatic N) is 1. The molecule has 0 saturated heterocycles. The Labute approximate surface area is 107 Å². The van der Waals surface area contributed by atoms with E-state index in [2.05, 4.69) is 17.1 Å². The number of methoxy groups -OCH3 is 1. The number of ether oxygens (including phenoxy) is 1. The third kappa shape index (κ3) is 1.51. The minimum absolute atomic E-state index is 0.160. The van der Waals surface area contributed by atoms with E-state index in [-0.39, 0.29) is 5.41 Å². The Hall–Kier alpha value is -1.61. The first-order valence-corrected chi connectivity index (χ1v) is 6.43. The lowest BCUT2D eigenvalue weighted by Crippen LogP contribution is -2.41. The molecule has 1 aromatic heterocycles. The summed E-state index contributed by atoms with van der Waals surface area (Å²) >= 11 is 0. The molecule has 3 rings (SSSR count). The fourth-order valence-electron chi connectivity index (χ4n) is 2.96. The van der Waals surface area contributed by atoms with Crippen LogP contribution in [0.4, 0.5) is 0 Å². The number of hydrogen-bond acceptors (Lipinski definition) is 3. The summed E-state index contributed by atoms with van der Waals surface area (Å²) < 4.78 is 5.39. The van der Waals surface area contributed by atoms with Crippen LogP contribution in [0.15, 0.2) is 30.5 Å². The van der Waals surface area contributed by atoms with Crippen molar-refractivity contribution in [2.24, 2.45) is 5.73 Å². The van der Waals surface area contributed by atoms with Crippen molar-refractivity contribution in [2.45, 2.75) is 24.7 Å². The van der Waals surface area contributed by atoms with E-state index in [0.29, 0.717) is 6.54 Å². The number of fused-ring (bicyclic) bond motifs is 1. The van der Waals surface area contributed by atoms with Gasteiger partial charge in [0.15, 0.2) is 0 Å². The van der Waals surface area contributed by atoms with Crippen molar-refractivity contribution < 1.29 is 4.74 Å². The van der Waals surface area contributed by atoms with Gasteiger partial charge in [0, 0.05) is 23.5 Å². The van der Waals surface area contributed by atoms with Gasteiger partial charge in [-0.25, -0.2) is 0 Å². The van der Waals surface area contributed by atoms with E-state index in [1.54, 1.807) is 7.11 Å². The molecule has 0 bridgehead atoms. The predicted molar refractivity (Wildman–Crippen MR) is 72.9 cm³/mol. The second-order valence-electron chi connectivity index (χ2n) is 5.05. The fraction of sp³-hybridized carbons (Fsp3) is 0.400. The number of aromatic nitrogens is 1. The van der Waals surface area contributed by atoms with E-state index >= 15 is 0 Å². The van der Waals surface area contributed by atoms with Crippen LogP contribution in [0, 0.1) is 0 Å². The number of hydrogen-bond donors (Lipinski definition) is 1. The first-order chi connectivity index (χ1) is 8.80. The molecule has 94 valence electrons. The summed E-state index contributed by atoms with van der Waals surface area (Å²) in [5.74, 6) is 0.834. The molecule has 0 aliphatic heterocycles. The van der Waals surface area contributed by atoms with Gasteiger partial charge in [-0.1, -0.05) is 18.6 Å². The average Bonchev–Trinajstić information content (AvgIpc) is 2.38. The molecular weight excluding hydrogens is 224 g/mol. The minimum atomic E-state index is 0.160. The molecule has 2 N–H and O–H groups in total. The van der Waals surface area contributed by atoms with Crippen LogP contribution < -0.4 is 10.5 Å². The van der Waals surface area contributed by atoms with Crippen molar-refractivity contribution in [3.8, 4) is 5.75 Å². The normalized spacial score (nSPS) is 17.4. The van der Waals surface area contributed by atoms with E-state index in [1.165, 1.54) is 30.2 Å². The maximum absolute atomic E-state index is 6.01. The van der Waals surface area contributed by atoms with E-state index in [9.17, 15) is 0 Å². The van der Waals surface area contributed by atoms with Crippen LogP contribution >= 0.6 is 0 Å². The molecule has 1 aromatic carbocycles. The SMILES string of the molecule is COc1ccc(C2(CN)CCC2)c2cccnc12. The summed E-state index contributed by atoms with van der Waals surface area (Å²) in [6, 6.07) is 8.28. The first kappa shape index (κ1) is 11.5. The summed E-state index contributed by atoms with van der Waals surface area (Å²) in [6.07, 6.45) is 5.44. The van der Waals surface area contributed by atoms with Crippen molar-refractivity contribution in [1.82, 2.24) is 4.98 Å². The van der Waals surface area contributed by atoms with Gasteiger partial charge in [-0.3, -0.25) is 4.98 Å². The van der Waals surface area contributed by atoms with Crippen LogP contribution in [0.1, 0.15) is 24.8 Å². The highest BCUT2D eigenvalue weighted by Crippen LogP contribution is 2.46. The van der Waals surface area contributed by atoms with Crippen molar-refractivity contribution in [3.05, 3.63) is 36.0 Å². The average molecular weight is 242 g/mol.